The smallest absolute Gasteiger partial charge is 0.322 e. The Labute approximate surface area is 132 Å². The van der Waals surface area contributed by atoms with Gasteiger partial charge in [-0.05, 0) is 29.7 Å². The van der Waals surface area contributed by atoms with Gasteiger partial charge < -0.3 is 15.3 Å². The number of urea groups is 1. The summed E-state index contributed by atoms with van der Waals surface area (Å²) in [5.41, 5.74) is 1.88. The molecule has 1 aliphatic heterocycles. The molecule has 0 aromatic heterocycles. The SMILES string of the molecule is O=C(Nc1ccc(F)cc1F)N1CCc2ccccc2[C@H]1CO. The molecule has 6 heteroatoms. The second-order valence-corrected chi connectivity index (χ2v) is 5.39. The molecule has 0 saturated carbocycles. The number of rotatable bonds is 2. The minimum Gasteiger partial charge on any atom is -0.394 e. The fraction of sp³-hybridized carbons (Fsp3) is 0.235. The van der Waals surface area contributed by atoms with Crippen LogP contribution in [0.4, 0.5) is 19.3 Å². The maximum absolute atomic E-state index is 13.7. The highest BCUT2D eigenvalue weighted by molar-refractivity contribution is 5.90. The number of carbonyl (C=O) groups is 1. The molecule has 2 aromatic rings. The Hall–Kier alpha value is -2.47. The van der Waals surface area contributed by atoms with Crippen molar-refractivity contribution in [2.45, 2.75) is 12.5 Å². The van der Waals surface area contributed by atoms with Gasteiger partial charge in [-0.25, -0.2) is 13.6 Å². The van der Waals surface area contributed by atoms with Gasteiger partial charge in [-0.2, -0.15) is 0 Å². The zero-order chi connectivity index (χ0) is 16.4. The molecule has 1 aliphatic rings. The molecule has 23 heavy (non-hydrogen) atoms. The molecule has 4 nitrogen and oxygen atoms in total. The van der Waals surface area contributed by atoms with Crippen molar-refractivity contribution < 1.29 is 18.7 Å². The van der Waals surface area contributed by atoms with E-state index in [-0.39, 0.29) is 12.3 Å². The zero-order valence-electron chi connectivity index (χ0n) is 12.3. The van der Waals surface area contributed by atoms with E-state index in [1.165, 1.54) is 11.0 Å². The summed E-state index contributed by atoms with van der Waals surface area (Å²) >= 11 is 0. The molecule has 0 unspecified atom stereocenters. The van der Waals surface area contributed by atoms with Gasteiger partial charge in [0.1, 0.15) is 11.6 Å². The average molecular weight is 318 g/mol. The molecule has 0 radical (unpaired) electrons. The Bertz CT molecular complexity index is 736. The van der Waals surface area contributed by atoms with Crippen LogP contribution in [-0.2, 0) is 6.42 Å². The lowest BCUT2D eigenvalue weighted by molar-refractivity contribution is 0.135. The molecular weight excluding hydrogens is 302 g/mol. The predicted octanol–water partition coefficient (Wildman–Crippen LogP) is 3.09. The summed E-state index contributed by atoms with van der Waals surface area (Å²) in [6.45, 7) is 0.188. The molecule has 3 rings (SSSR count). The number of hydrogen-bond donors (Lipinski definition) is 2. The third kappa shape index (κ3) is 3.03. The average Bonchev–Trinajstić information content (AvgIpc) is 2.56. The molecule has 120 valence electrons. The number of halogens is 2. The van der Waals surface area contributed by atoms with Crippen LogP contribution in [0, 0.1) is 11.6 Å². The van der Waals surface area contributed by atoms with Crippen molar-refractivity contribution in [2.24, 2.45) is 0 Å². The van der Waals surface area contributed by atoms with Crippen molar-refractivity contribution in [3.63, 3.8) is 0 Å². The maximum atomic E-state index is 13.7. The number of fused-ring (bicyclic) bond motifs is 1. The van der Waals surface area contributed by atoms with Gasteiger partial charge in [-0.1, -0.05) is 24.3 Å². The zero-order valence-corrected chi connectivity index (χ0v) is 12.3. The lowest BCUT2D eigenvalue weighted by Gasteiger charge is -2.36. The second kappa shape index (κ2) is 6.34. The number of carbonyl (C=O) groups excluding carboxylic acids is 1. The van der Waals surface area contributed by atoms with E-state index in [2.05, 4.69) is 5.32 Å². The van der Waals surface area contributed by atoms with E-state index in [4.69, 9.17) is 0 Å². The number of amides is 2. The summed E-state index contributed by atoms with van der Waals surface area (Å²) in [6, 6.07) is 9.56. The van der Waals surface area contributed by atoms with Gasteiger partial charge in [0.15, 0.2) is 0 Å². The quantitative estimate of drug-likeness (QED) is 0.894. The van der Waals surface area contributed by atoms with Crippen LogP contribution in [0.3, 0.4) is 0 Å². The first-order valence-electron chi connectivity index (χ1n) is 7.31. The number of aliphatic hydroxyl groups is 1. The number of benzene rings is 2. The number of nitrogens with zero attached hydrogens (tertiary/aromatic N) is 1. The standard InChI is InChI=1S/C17H16F2N2O2/c18-12-5-6-15(14(19)9-12)20-17(23)21-8-7-11-3-1-2-4-13(11)16(21)10-22/h1-6,9,16,22H,7-8,10H2,(H,20,23)/t16-/m1/s1. The minimum atomic E-state index is -0.837. The van der Waals surface area contributed by atoms with Crippen LogP contribution in [0.15, 0.2) is 42.5 Å². The van der Waals surface area contributed by atoms with Crippen molar-refractivity contribution in [3.05, 3.63) is 65.2 Å². The molecule has 0 saturated heterocycles. The first kappa shape index (κ1) is 15.4. The summed E-state index contributed by atoms with van der Waals surface area (Å²) in [7, 11) is 0. The topological polar surface area (TPSA) is 52.6 Å². The third-order valence-electron chi connectivity index (χ3n) is 4.02. The van der Waals surface area contributed by atoms with E-state index in [1.807, 2.05) is 24.3 Å². The molecule has 1 atom stereocenters. The Morgan fingerprint density at radius 1 is 1.26 bits per heavy atom. The van der Waals surface area contributed by atoms with Gasteiger partial charge in [0, 0.05) is 12.6 Å². The molecule has 2 amide bonds. The number of hydrogen-bond acceptors (Lipinski definition) is 2. The molecule has 1 heterocycles. The molecular formula is C17H16F2N2O2. The van der Waals surface area contributed by atoms with Crippen LogP contribution in [0.25, 0.3) is 0 Å². The molecule has 2 N–H and O–H groups in total. The van der Waals surface area contributed by atoms with E-state index in [1.54, 1.807) is 0 Å². The van der Waals surface area contributed by atoms with E-state index >= 15 is 0 Å². The van der Waals surface area contributed by atoms with Crippen molar-refractivity contribution in [1.82, 2.24) is 4.90 Å². The van der Waals surface area contributed by atoms with Gasteiger partial charge in [0.2, 0.25) is 0 Å². The van der Waals surface area contributed by atoms with Crippen molar-refractivity contribution >= 4 is 11.7 Å². The fourth-order valence-electron chi connectivity index (χ4n) is 2.87. The minimum absolute atomic E-state index is 0.0908. The van der Waals surface area contributed by atoms with E-state index in [0.717, 1.165) is 17.2 Å². The monoisotopic (exact) mass is 318 g/mol. The highest BCUT2D eigenvalue weighted by Crippen LogP contribution is 2.30. The Kier molecular flexibility index (Phi) is 4.25. The maximum Gasteiger partial charge on any atom is 0.322 e. The Balaban J connectivity index is 1.82. The van der Waals surface area contributed by atoms with Crippen molar-refractivity contribution in [3.8, 4) is 0 Å². The van der Waals surface area contributed by atoms with E-state index < -0.39 is 23.7 Å². The van der Waals surface area contributed by atoms with E-state index in [0.29, 0.717) is 19.0 Å². The normalized spacial score (nSPS) is 16.8. The Morgan fingerprint density at radius 2 is 2.04 bits per heavy atom. The highest BCUT2D eigenvalue weighted by Gasteiger charge is 2.30. The summed E-state index contributed by atoms with van der Waals surface area (Å²) in [4.78, 5) is 13.9. The summed E-state index contributed by atoms with van der Waals surface area (Å²) in [5.74, 6) is -1.54. The fourth-order valence-corrected chi connectivity index (χ4v) is 2.87. The van der Waals surface area contributed by atoms with Crippen LogP contribution in [0.5, 0.6) is 0 Å². The van der Waals surface area contributed by atoms with Gasteiger partial charge in [-0.15, -0.1) is 0 Å². The molecule has 0 bridgehead atoms. The first-order chi connectivity index (χ1) is 11.1. The van der Waals surface area contributed by atoms with Gasteiger partial charge in [0.05, 0.1) is 18.3 Å². The Morgan fingerprint density at radius 3 is 2.78 bits per heavy atom. The van der Waals surface area contributed by atoms with Crippen molar-refractivity contribution in [2.75, 3.05) is 18.5 Å². The molecule has 0 spiro atoms. The van der Waals surface area contributed by atoms with Gasteiger partial charge >= 0.3 is 6.03 Å². The van der Waals surface area contributed by atoms with Crippen LogP contribution in [-0.4, -0.2) is 29.2 Å². The molecule has 2 aromatic carbocycles. The van der Waals surface area contributed by atoms with Crippen LogP contribution < -0.4 is 5.32 Å². The van der Waals surface area contributed by atoms with Crippen molar-refractivity contribution in [1.29, 1.82) is 0 Å². The van der Waals surface area contributed by atoms with Gasteiger partial charge in [-0.3, -0.25) is 0 Å². The second-order valence-electron chi connectivity index (χ2n) is 5.39. The molecule has 0 fully saturated rings. The lowest BCUT2D eigenvalue weighted by Crippen LogP contribution is -2.44. The largest absolute Gasteiger partial charge is 0.394 e. The summed E-state index contributed by atoms with van der Waals surface area (Å²) in [6.07, 6.45) is 0.659. The molecule has 0 aliphatic carbocycles. The van der Waals surface area contributed by atoms with Gasteiger partial charge in [0.25, 0.3) is 0 Å². The van der Waals surface area contributed by atoms with E-state index in [9.17, 15) is 18.7 Å². The predicted molar refractivity (Wildman–Crippen MR) is 82.1 cm³/mol. The number of nitrogens with one attached hydrogen (secondary N) is 1. The first-order valence-corrected chi connectivity index (χ1v) is 7.31. The van der Waals surface area contributed by atoms with Crippen LogP contribution >= 0.6 is 0 Å². The summed E-state index contributed by atoms with van der Waals surface area (Å²) < 4.78 is 26.6. The third-order valence-corrected chi connectivity index (χ3v) is 4.02. The number of aliphatic hydroxyl groups excluding tert-OH is 1. The highest BCUT2D eigenvalue weighted by atomic mass is 19.1. The number of anilines is 1. The lowest BCUT2D eigenvalue weighted by atomic mass is 9.93. The van der Waals surface area contributed by atoms with Crippen LogP contribution in [0.1, 0.15) is 17.2 Å². The summed E-state index contributed by atoms with van der Waals surface area (Å²) in [5, 5.41) is 12.1. The van der Waals surface area contributed by atoms with Crippen LogP contribution in [0.2, 0.25) is 0 Å².